The number of carbonyl (C=O) groups excluding carboxylic acids is 2. The summed E-state index contributed by atoms with van der Waals surface area (Å²) in [6.45, 7) is 4.12. The predicted octanol–water partition coefficient (Wildman–Crippen LogP) is 2.44. The molecule has 2 spiro atoms. The Bertz CT molecular complexity index is 929. The zero-order valence-corrected chi connectivity index (χ0v) is 16.5. The second-order valence-corrected chi connectivity index (χ2v) is 8.05. The molecule has 1 amide bonds. The molecule has 0 saturated carbocycles. The van der Waals surface area contributed by atoms with Crippen molar-refractivity contribution in [2.45, 2.75) is 50.4 Å². The number of benzene rings is 1. The highest BCUT2D eigenvalue weighted by Crippen LogP contribution is 2.45. The smallest absolute Gasteiger partial charge is 0.333 e. The van der Waals surface area contributed by atoms with Gasteiger partial charge in [-0.2, -0.15) is 4.99 Å². The minimum absolute atomic E-state index is 0.214. The third kappa shape index (κ3) is 2.87. The number of piperidine rings is 1. The van der Waals surface area contributed by atoms with Gasteiger partial charge in [0.25, 0.3) is 11.9 Å². The van der Waals surface area contributed by atoms with Crippen LogP contribution in [0.5, 0.6) is 0 Å². The first-order valence-corrected chi connectivity index (χ1v) is 10.2. The maximum absolute atomic E-state index is 12.6. The Kier molecular flexibility index (Phi) is 4.24. The molecule has 1 saturated heterocycles. The summed E-state index contributed by atoms with van der Waals surface area (Å²) in [5.74, 6) is -0.697. The van der Waals surface area contributed by atoms with Gasteiger partial charge in [0.15, 0.2) is 0 Å². The average Bonchev–Trinajstić information content (AvgIpc) is 3.41. The van der Waals surface area contributed by atoms with Crippen LogP contribution in [0.3, 0.4) is 0 Å². The summed E-state index contributed by atoms with van der Waals surface area (Å²) in [4.78, 5) is 30.9. The van der Waals surface area contributed by atoms with Crippen molar-refractivity contribution in [1.82, 2.24) is 4.90 Å². The number of ether oxygens (including phenoxy) is 3. The first kappa shape index (κ1) is 18.4. The Balaban J connectivity index is 1.25. The zero-order valence-electron chi connectivity index (χ0n) is 16.5. The van der Waals surface area contributed by atoms with Gasteiger partial charge >= 0.3 is 5.97 Å². The Labute approximate surface area is 169 Å². The van der Waals surface area contributed by atoms with E-state index in [0.717, 1.165) is 12.8 Å². The van der Waals surface area contributed by atoms with E-state index >= 15 is 0 Å². The van der Waals surface area contributed by atoms with E-state index in [2.05, 4.69) is 23.2 Å². The summed E-state index contributed by atoms with van der Waals surface area (Å²) in [7, 11) is 0. The molecule has 3 heterocycles. The number of rotatable bonds is 2. The first-order chi connectivity index (χ1) is 14.1. The van der Waals surface area contributed by atoms with Gasteiger partial charge in [-0.25, -0.2) is 4.79 Å². The molecule has 0 aromatic heterocycles. The number of nitrogens with zero attached hydrogens (tertiary/aromatic N) is 2. The lowest BCUT2D eigenvalue weighted by atomic mass is 9.84. The maximum Gasteiger partial charge on any atom is 0.333 e. The van der Waals surface area contributed by atoms with Gasteiger partial charge in [-0.15, -0.1) is 0 Å². The fourth-order valence-corrected chi connectivity index (χ4v) is 4.78. The van der Waals surface area contributed by atoms with E-state index in [9.17, 15) is 9.59 Å². The van der Waals surface area contributed by atoms with Gasteiger partial charge in [0.1, 0.15) is 0 Å². The summed E-state index contributed by atoms with van der Waals surface area (Å²) in [6.07, 6.45) is 3.94. The van der Waals surface area contributed by atoms with E-state index in [0.29, 0.717) is 44.3 Å². The molecule has 3 aliphatic heterocycles. The third-order valence-electron chi connectivity index (χ3n) is 6.42. The quantitative estimate of drug-likeness (QED) is 0.715. The lowest BCUT2D eigenvalue weighted by Gasteiger charge is -2.39. The maximum atomic E-state index is 12.6. The second kappa shape index (κ2) is 6.69. The second-order valence-electron chi connectivity index (χ2n) is 8.05. The minimum Gasteiger partial charge on any atom is -0.463 e. The third-order valence-corrected chi connectivity index (χ3v) is 6.42. The van der Waals surface area contributed by atoms with E-state index in [1.807, 2.05) is 11.0 Å². The highest BCUT2D eigenvalue weighted by Gasteiger charge is 2.52. The van der Waals surface area contributed by atoms with Crippen molar-refractivity contribution in [2.75, 3.05) is 19.7 Å². The highest BCUT2D eigenvalue weighted by molar-refractivity contribution is 6.03. The van der Waals surface area contributed by atoms with Crippen LogP contribution in [0.15, 0.2) is 40.9 Å². The van der Waals surface area contributed by atoms with Gasteiger partial charge in [-0.1, -0.05) is 30.3 Å². The average molecular weight is 396 g/mol. The minimum atomic E-state index is -1.08. The van der Waals surface area contributed by atoms with Gasteiger partial charge < -0.3 is 19.1 Å². The topological polar surface area (TPSA) is 77.4 Å². The highest BCUT2D eigenvalue weighted by atomic mass is 16.5. The van der Waals surface area contributed by atoms with E-state index in [1.54, 1.807) is 13.0 Å². The van der Waals surface area contributed by atoms with Crippen LogP contribution in [0, 0.1) is 0 Å². The van der Waals surface area contributed by atoms with Crippen LogP contribution in [0.4, 0.5) is 0 Å². The molecule has 1 aliphatic carbocycles. The van der Waals surface area contributed by atoms with Crippen molar-refractivity contribution in [3.8, 4) is 0 Å². The Morgan fingerprint density at radius 2 is 2.03 bits per heavy atom. The largest absolute Gasteiger partial charge is 0.463 e. The molecule has 1 atom stereocenters. The molecule has 4 aliphatic rings. The van der Waals surface area contributed by atoms with Gasteiger partial charge in [-0.3, -0.25) is 4.79 Å². The summed E-state index contributed by atoms with van der Waals surface area (Å²) in [6, 6.07) is 8.75. The van der Waals surface area contributed by atoms with Crippen LogP contribution >= 0.6 is 0 Å². The lowest BCUT2D eigenvalue weighted by molar-refractivity contribution is -0.139. The lowest BCUT2D eigenvalue weighted by Crippen LogP contribution is -2.46. The molecule has 7 heteroatoms. The van der Waals surface area contributed by atoms with E-state index in [-0.39, 0.29) is 23.9 Å². The molecule has 5 rings (SSSR count). The normalized spacial score (nSPS) is 27.1. The van der Waals surface area contributed by atoms with E-state index < -0.39 is 5.60 Å². The summed E-state index contributed by atoms with van der Waals surface area (Å²) >= 11 is 0. The predicted molar refractivity (Wildman–Crippen MR) is 104 cm³/mol. The van der Waals surface area contributed by atoms with Crippen molar-refractivity contribution in [3.05, 3.63) is 47.0 Å². The molecule has 1 aromatic rings. The van der Waals surface area contributed by atoms with E-state index in [1.165, 1.54) is 11.1 Å². The number of amidine groups is 1. The van der Waals surface area contributed by atoms with Crippen molar-refractivity contribution >= 4 is 17.9 Å². The molecule has 0 radical (unpaired) electrons. The van der Waals surface area contributed by atoms with Crippen LogP contribution < -0.4 is 0 Å². The molecule has 1 aromatic carbocycles. The Morgan fingerprint density at radius 1 is 1.24 bits per heavy atom. The molecule has 0 N–H and O–H groups in total. The molecule has 29 heavy (non-hydrogen) atoms. The van der Waals surface area contributed by atoms with Crippen molar-refractivity contribution in [1.29, 1.82) is 0 Å². The van der Waals surface area contributed by atoms with Gasteiger partial charge in [-0.05, 0) is 30.9 Å². The number of amides is 1. The first-order valence-electron chi connectivity index (χ1n) is 10.2. The number of hydrogen-bond acceptors (Lipinski definition) is 6. The zero-order chi connectivity index (χ0) is 20.1. The van der Waals surface area contributed by atoms with Crippen molar-refractivity contribution in [2.24, 2.45) is 4.99 Å². The molecule has 152 valence electrons. The number of carbonyl (C=O) groups is 2. The Hall–Kier alpha value is -2.67. The summed E-state index contributed by atoms with van der Waals surface area (Å²) in [5, 5.41) is 0. The number of likely N-dealkylation sites (tertiary alicyclic amines) is 1. The Morgan fingerprint density at radius 3 is 2.83 bits per heavy atom. The number of esters is 1. The van der Waals surface area contributed by atoms with Crippen LogP contribution in [0.25, 0.3) is 0 Å². The molecule has 1 unspecified atom stereocenters. The van der Waals surface area contributed by atoms with Crippen molar-refractivity contribution < 1.29 is 23.8 Å². The standard InChI is InChI=1S/C22H24N2O5/c1-2-27-18(25)15-7-8-22(13-15)19(26)23-20(29-22)24-11-9-21(10-12-24)17-6-4-3-5-16(17)14-28-21/h3-7H,2,8-14H2,1H3. The summed E-state index contributed by atoms with van der Waals surface area (Å²) in [5.41, 5.74) is 1.70. The number of aliphatic imine (C=N–C) groups is 1. The van der Waals surface area contributed by atoms with Crippen LogP contribution in [-0.2, 0) is 36.0 Å². The fourth-order valence-electron chi connectivity index (χ4n) is 4.78. The van der Waals surface area contributed by atoms with E-state index in [4.69, 9.17) is 14.2 Å². The van der Waals surface area contributed by atoms with Crippen LogP contribution in [0.1, 0.15) is 43.7 Å². The van der Waals surface area contributed by atoms with Gasteiger partial charge in [0, 0.05) is 31.5 Å². The van der Waals surface area contributed by atoms with Gasteiger partial charge in [0.05, 0.1) is 18.8 Å². The fraction of sp³-hybridized carbons (Fsp3) is 0.500. The molecule has 7 nitrogen and oxygen atoms in total. The summed E-state index contributed by atoms with van der Waals surface area (Å²) < 4.78 is 17.3. The van der Waals surface area contributed by atoms with Crippen LogP contribution in [-0.4, -0.2) is 48.1 Å². The van der Waals surface area contributed by atoms with Crippen LogP contribution in [0.2, 0.25) is 0 Å². The molecular weight excluding hydrogens is 372 g/mol. The monoisotopic (exact) mass is 396 g/mol. The molecule has 0 bridgehead atoms. The van der Waals surface area contributed by atoms with Crippen molar-refractivity contribution in [3.63, 3.8) is 0 Å². The molecular formula is C22H24N2O5. The molecule has 1 fully saturated rings. The van der Waals surface area contributed by atoms with Gasteiger partial charge in [0.2, 0.25) is 5.60 Å². The number of fused-ring (bicyclic) bond motifs is 2. The number of hydrogen-bond donors (Lipinski definition) is 0. The SMILES string of the molecule is CCOC(=O)C1=CCC2(C1)OC(N1CCC3(CC1)OCc1ccccc13)=NC2=O.